The van der Waals surface area contributed by atoms with E-state index >= 15 is 0 Å². The molecule has 8 heteroatoms. The van der Waals surface area contributed by atoms with Crippen LogP contribution >= 0.6 is 0 Å². The average Bonchev–Trinajstić information content (AvgIpc) is 3.13. The molecule has 0 atom stereocenters. The zero-order valence-electron chi connectivity index (χ0n) is 19.5. The lowest BCUT2D eigenvalue weighted by Gasteiger charge is -2.23. The maximum absolute atomic E-state index is 13.0. The first-order valence-corrected chi connectivity index (χ1v) is 11.5. The average molecular weight is 457 g/mol. The maximum Gasteiger partial charge on any atom is 0.253 e. The molecule has 0 saturated carbocycles. The van der Waals surface area contributed by atoms with Crippen molar-refractivity contribution in [2.75, 3.05) is 38.2 Å². The number of hydrogen-bond donors (Lipinski definition) is 0. The van der Waals surface area contributed by atoms with E-state index in [4.69, 9.17) is 14.7 Å². The molecule has 0 bridgehead atoms. The molecule has 1 fully saturated rings. The highest BCUT2D eigenvalue weighted by Gasteiger charge is 2.24. The SMILES string of the molecule is COCc1nc(N2CCCN(C(=O)c3ccccc3)CC2)c2cnn(-c3ccc(C)cc3)c2n1. The van der Waals surface area contributed by atoms with Gasteiger partial charge in [-0.1, -0.05) is 35.9 Å². The molecule has 0 aliphatic carbocycles. The molecule has 2 aromatic carbocycles. The molecule has 2 aromatic heterocycles. The van der Waals surface area contributed by atoms with Crippen molar-refractivity contribution in [2.45, 2.75) is 20.0 Å². The van der Waals surface area contributed by atoms with Gasteiger partial charge in [0.2, 0.25) is 0 Å². The number of amides is 1. The third-order valence-electron chi connectivity index (χ3n) is 6.11. The Morgan fingerprint density at radius 3 is 2.53 bits per heavy atom. The largest absolute Gasteiger partial charge is 0.377 e. The number of methoxy groups -OCH3 is 1. The predicted octanol–water partition coefficient (Wildman–Crippen LogP) is 3.62. The fourth-order valence-electron chi connectivity index (χ4n) is 4.34. The normalized spacial score (nSPS) is 14.4. The third-order valence-corrected chi connectivity index (χ3v) is 6.11. The fourth-order valence-corrected chi connectivity index (χ4v) is 4.34. The summed E-state index contributed by atoms with van der Waals surface area (Å²) >= 11 is 0. The van der Waals surface area contributed by atoms with Crippen molar-refractivity contribution in [1.82, 2.24) is 24.6 Å². The summed E-state index contributed by atoms with van der Waals surface area (Å²) in [7, 11) is 1.64. The Balaban J connectivity index is 1.47. The Hall–Kier alpha value is -3.78. The van der Waals surface area contributed by atoms with Gasteiger partial charge in [-0.3, -0.25) is 4.79 Å². The molecule has 8 nitrogen and oxygen atoms in total. The molecule has 0 unspecified atom stereocenters. The van der Waals surface area contributed by atoms with Gasteiger partial charge < -0.3 is 14.5 Å². The topological polar surface area (TPSA) is 76.4 Å². The van der Waals surface area contributed by atoms with Crippen LogP contribution in [-0.2, 0) is 11.3 Å². The van der Waals surface area contributed by atoms with E-state index in [-0.39, 0.29) is 5.91 Å². The van der Waals surface area contributed by atoms with Crippen molar-refractivity contribution in [3.05, 3.63) is 77.7 Å². The number of anilines is 1. The van der Waals surface area contributed by atoms with Crippen molar-refractivity contribution in [2.24, 2.45) is 0 Å². The fraction of sp³-hybridized carbons (Fsp3) is 0.308. The van der Waals surface area contributed by atoms with Crippen LogP contribution in [0.15, 0.2) is 60.8 Å². The highest BCUT2D eigenvalue weighted by molar-refractivity contribution is 5.94. The molecular formula is C26H28N6O2. The smallest absolute Gasteiger partial charge is 0.253 e. The summed E-state index contributed by atoms with van der Waals surface area (Å²) < 4.78 is 7.20. The van der Waals surface area contributed by atoms with Gasteiger partial charge in [0.05, 0.1) is 17.3 Å². The van der Waals surface area contributed by atoms with Gasteiger partial charge in [0, 0.05) is 38.9 Å². The van der Waals surface area contributed by atoms with Crippen molar-refractivity contribution in [1.29, 1.82) is 0 Å². The summed E-state index contributed by atoms with van der Waals surface area (Å²) in [4.78, 5) is 26.7. The van der Waals surface area contributed by atoms with Crippen LogP contribution in [0.2, 0.25) is 0 Å². The monoisotopic (exact) mass is 456 g/mol. The molecule has 174 valence electrons. The summed E-state index contributed by atoms with van der Waals surface area (Å²) in [6.45, 7) is 5.21. The van der Waals surface area contributed by atoms with Crippen LogP contribution in [0.25, 0.3) is 16.7 Å². The lowest BCUT2D eigenvalue weighted by atomic mass is 10.2. The first-order chi connectivity index (χ1) is 16.6. The van der Waals surface area contributed by atoms with E-state index < -0.39 is 0 Å². The minimum atomic E-state index is 0.0718. The van der Waals surface area contributed by atoms with Crippen molar-refractivity contribution in [3.8, 4) is 5.69 Å². The molecule has 3 heterocycles. The van der Waals surface area contributed by atoms with Gasteiger partial charge in [0.15, 0.2) is 11.5 Å². The number of fused-ring (bicyclic) bond motifs is 1. The summed E-state index contributed by atoms with van der Waals surface area (Å²) in [6.07, 6.45) is 2.69. The number of benzene rings is 2. The lowest BCUT2D eigenvalue weighted by molar-refractivity contribution is 0.0767. The van der Waals surface area contributed by atoms with Gasteiger partial charge in [0.1, 0.15) is 12.4 Å². The van der Waals surface area contributed by atoms with Crippen LogP contribution in [0.5, 0.6) is 0 Å². The maximum atomic E-state index is 13.0. The number of carbonyl (C=O) groups is 1. The zero-order valence-corrected chi connectivity index (χ0v) is 19.5. The predicted molar refractivity (Wildman–Crippen MR) is 131 cm³/mol. The van der Waals surface area contributed by atoms with Crippen LogP contribution in [-0.4, -0.2) is 63.8 Å². The van der Waals surface area contributed by atoms with Crippen LogP contribution in [0.4, 0.5) is 5.82 Å². The van der Waals surface area contributed by atoms with Gasteiger partial charge in [0.25, 0.3) is 5.91 Å². The number of aryl methyl sites for hydroxylation is 1. The Morgan fingerprint density at radius 1 is 0.971 bits per heavy atom. The van der Waals surface area contributed by atoms with Crippen molar-refractivity contribution in [3.63, 3.8) is 0 Å². The second kappa shape index (κ2) is 9.61. The second-order valence-electron chi connectivity index (χ2n) is 8.52. The third kappa shape index (κ3) is 4.36. The van der Waals surface area contributed by atoms with Crippen molar-refractivity contribution >= 4 is 22.8 Å². The van der Waals surface area contributed by atoms with Gasteiger partial charge in [-0.15, -0.1) is 0 Å². The Morgan fingerprint density at radius 2 is 1.76 bits per heavy atom. The number of hydrogen-bond acceptors (Lipinski definition) is 6. The molecule has 5 rings (SSSR count). The minimum absolute atomic E-state index is 0.0718. The summed E-state index contributed by atoms with van der Waals surface area (Å²) in [5, 5.41) is 5.53. The summed E-state index contributed by atoms with van der Waals surface area (Å²) in [6, 6.07) is 17.7. The number of ether oxygens (including phenoxy) is 1. The highest BCUT2D eigenvalue weighted by Crippen LogP contribution is 2.27. The van der Waals surface area contributed by atoms with Crippen molar-refractivity contribution < 1.29 is 9.53 Å². The summed E-state index contributed by atoms with van der Waals surface area (Å²) in [5.74, 6) is 1.52. The molecule has 1 saturated heterocycles. The molecule has 1 aliphatic heterocycles. The first kappa shape index (κ1) is 22.0. The molecule has 1 aliphatic rings. The minimum Gasteiger partial charge on any atom is -0.377 e. The van der Waals surface area contributed by atoms with Gasteiger partial charge in [-0.2, -0.15) is 5.10 Å². The van der Waals surface area contributed by atoms with Gasteiger partial charge in [-0.25, -0.2) is 14.6 Å². The Labute approximate surface area is 198 Å². The number of rotatable bonds is 5. The van der Waals surface area contributed by atoms with E-state index in [1.165, 1.54) is 5.56 Å². The quantitative estimate of drug-likeness (QED) is 0.457. The number of nitrogens with zero attached hydrogens (tertiary/aromatic N) is 6. The molecule has 0 radical (unpaired) electrons. The highest BCUT2D eigenvalue weighted by atomic mass is 16.5. The zero-order chi connectivity index (χ0) is 23.5. The number of aromatic nitrogens is 4. The molecule has 1 amide bonds. The van der Waals surface area contributed by atoms with Gasteiger partial charge >= 0.3 is 0 Å². The van der Waals surface area contributed by atoms with E-state index in [0.717, 1.165) is 41.1 Å². The lowest BCUT2D eigenvalue weighted by Crippen LogP contribution is -2.35. The second-order valence-corrected chi connectivity index (χ2v) is 8.52. The van der Waals surface area contributed by atoms with Crippen LogP contribution < -0.4 is 4.90 Å². The van der Waals surface area contributed by atoms with E-state index in [1.807, 2.05) is 58.2 Å². The summed E-state index contributed by atoms with van der Waals surface area (Å²) in [5.41, 5.74) is 3.61. The number of carbonyl (C=O) groups excluding carboxylic acids is 1. The molecule has 4 aromatic rings. The molecule has 0 spiro atoms. The standard InChI is InChI=1S/C26H28N6O2/c1-19-9-11-21(12-10-19)32-25-22(17-27-32)24(28-23(29-25)18-34-2)30-13-6-14-31(16-15-30)26(33)20-7-4-3-5-8-20/h3-5,7-12,17H,6,13-16,18H2,1-2H3. The van der Waals surface area contributed by atoms with Gasteiger partial charge in [-0.05, 0) is 37.6 Å². The van der Waals surface area contributed by atoms with E-state index in [0.29, 0.717) is 32.1 Å². The molecular weight excluding hydrogens is 428 g/mol. The van der Waals surface area contributed by atoms with E-state index in [2.05, 4.69) is 29.1 Å². The first-order valence-electron chi connectivity index (χ1n) is 11.5. The molecule has 34 heavy (non-hydrogen) atoms. The van der Waals surface area contributed by atoms with Crippen LogP contribution in [0.1, 0.15) is 28.2 Å². The van der Waals surface area contributed by atoms with Crippen LogP contribution in [0, 0.1) is 6.92 Å². The Bertz CT molecular complexity index is 1290. The van der Waals surface area contributed by atoms with Crippen LogP contribution in [0.3, 0.4) is 0 Å². The molecule has 0 N–H and O–H groups in total. The van der Waals surface area contributed by atoms with E-state index in [1.54, 1.807) is 7.11 Å². The van der Waals surface area contributed by atoms with E-state index in [9.17, 15) is 4.79 Å². The Kier molecular flexibility index (Phi) is 6.22.